The molecule has 0 atom stereocenters. The zero-order valence-corrected chi connectivity index (χ0v) is 11.5. The Labute approximate surface area is 111 Å². The Balaban J connectivity index is 2.30. The predicted octanol–water partition coefficient (Wildman–Crippen LogP) is 2.41. The molecule has 2 rings (SSSR count). The van der Waals surface area contributed by atoms with Gasteiger partial charge in [0, 0.05) is 25.7 Å². The average molecular weight is 271 g/mol. The van der Waals surface area contributed by atoms with Crippen molar-refractivity contribution in [3.05, 3.63) is 17.7 Å². The summed E-state index contributed by atoms with van der Waals surface area (Å²) in [6.07, 6.45) is 0. The van der Waals surface area contributed by atoms with Crippen LogP contribution >= 0.6 is 0 Å². The number of aromatic nitrogens is 1. The summed E-state index contributed by atoms with van der Waals surface area (Å²) in [6, 6.07) is 0.878. The van der Waals surface area contributed by atoms with Gasteiger partial charge in [0.25, 0.3) is 0 Å². The van der Waals surface area contributed by atoms with Gasteiger partial charge < -0.3 is 15.0 Å². The predicted molar refractivity (Wildman–Crippen MR) is 70.6 cm³/mol. The Kier molecular flexibility index (Phi) is 3.89. The molecule has 0 saturated carbocycles. The molecule has 1 aliphatic rings. The summed E-state index contributed by atoms with van der Waals surface area (Å²) in [4.78, 5) is 5.85. The summed E-state index contributed by atoms with van der Waals surface area (Å²) in [5.74, 6) is -1.05. The molecule has 1 aromatic heterocycles. The van der Waals surface area contributed by atoms with E-state index in [9.17, 15) is 8.78 Å². The summed E-state index contributed by atoms with van der Waals surface area (Å²) < 4.78 is 33.0. The minimum atomic E-state index is -0.671. The van der Waals surface area contributed by atoms with Gasteiger partial charge in [-0.3, -0.25) is 0 Å². The van der Waals surface area contributed by atoms with Crippen molar-refractivity contribution in [3.63, 3.8) is 0 Å². The number of nitrogens with one attached hydrogen (secondary N) is 1. The van der Waals surface area contributed by atoms with Crippen LogP contribution in [0.2, 0.25) is 0 Å². The van der Waals surface area contributed by atoms with E-state index in [1.54, 1.807) is 4.90 Å². The van der Waals surface area contributed by atoms with E-state index < -0.39 is 11.6 Å². The highest BCUT2D eigenvalue weighted by molar-refractivity contribution is 5.49. The first-order valence-electron chi connectivity index (χ1n) is 6.42. The maximum absolute atomic E-state index is 13.9. The fourth-order valence-corrected chi connectivity index (χ4v) is 2.17. The van der Waals surface area contributed by atoms with E-state index in [1.807, 2.05) is 20.8 Å². The van der Waals surface area contributed by atoms with Gasteiger partial charge in [-0.25, -0.2) is 13.8 Å². The molecule has 1 fully saturated rings. The van der Waals surface area contributed by atoms with Crippen LogP contribution in [0.25, 0.3) is 0 Å². The molecule has 19 heavy (non-hydrogen) atoms. The fraction of sp³-hybridized carbons (Fsp3) is 0.615. The number of rotatable bonds is 3. The molecule has 0 amide bonds. The van der Waals surface area contributed by atoms with Gasteiger partial charge in [0.05, 0.1) is 12.2 Å². The summed E-state index contributed by atoms with van der Waals surface area (Å²) in [5.41, 5.74) is -0.362. The number of morpholine rings is 1. The maximum Gasteiger partial charge on any atom is 0.168 e. The van der Waals surface area contributed by atoms with E-state index in [1.165, 1.54) is 0 Å². The van der Waals surface area contributed by atoms with Gasteiger partial charge in [-0.2, -0.15) is 0 Å². The number of hydrogen-bond donors (Lipinski definition) is 1. The van der Waals surface area contributed by atoms with Crippen molar-refractivity contribution in [3.8, 4) is 0 Å². The quantitative estimate of drug-likeness (QED) is 0.916. The van der Waals surface area contributed by atoms with Gasteiger partial charge in [-0.1, -0.05) is 0 Å². The molecule has 1 aliphatic heterocycles. The lowest BCUT2D eigenvalue weighted by Gasteiger charge is -2.38. The second-order valence-corrected chi connectivity index (χ2v) is 5.18. The van der Waals surface area contributed by atoms with Gasteiger partial charge >= 0.3 is 0 Å². The number of anilines is 2. The van der Waals surface area contributed by atoms with Crippen molar-refractivity contribution in [1.82, 2.24) is 4.98 Å². The van der Waals surface area contributed by atoms with Crippen LogP contribution in [-0.2, 0) is 4.74 Å². The highest BCUT2D eigenvalue weighted by atomic mass is 19.1. The SMILES string of the molecule is CCNc1nc(N2CCOC(C)(C)C2)c(F)cc1F. The minimum absolute atomic E-state index is 0.0863. The average Bonchev–Trinajstić information content (AvgIpc) is 2.31. The summed E-state index contributed by atoms with van der Waals surface area (Å²) >= 11 is 0. The molecule has 1 N–H and O–H groups in total. The molecule has 0 radical (unpaired) electrons. The highest BCUT2D eigenvalue weighted by Crippen LogP contribution is 2.26. The molecule has 0 spiro atoms. The normalized spacial score (nSPS) is 18.5. The molecule has 106 valence electrons. The van der Waals surface area contributed by atoms with Gasteiger partial charge in [0.2, 0.25) is 0 Å². The molecular formula is C13H19F2N3O. The van der Waals surface area contributed by atoms with Crippen LogP contribution in [0.5, 0.6) is 0 Å². The van der Waals surface area contributed by atoms with Crippen molar-refractivity contribution in [1.29, 1.82) is 0 Å². The molecule has 0 unspecified atom stereocenters. The number of hydrogen-bond acceptors (Lipinski definition) is 4. The summed E-state index contributed by atoms with van der Waals surface area (Å²) in [5, 5.41) is 2.79. The van der Waals surface area contributed by atoms with E-state index in [0.717, 1.165) is 6.07 Å². The number of halogens is 2. The van der Waals surface area contributed by atoms with E-state index in [2.05, 4.69) is 10.3 Å². The summed E-state index contributed by atoms with van der Waals surface area (Å²) in [6.45, 7) is 7.81. The second kappa shape index (κ2) is 5.28. The fourth-order valence-electron chi connectivity index (χ4n) is 2.17. The van der Waals surface area contributed by atoms with Crippen molar-refractivity contribution in [2.45, 2.75) is 26.4 Å². The monoisotopic (exact) mass is 271 g/mol. The number of ether oxygens (including phenoxy) is 1. The van der Waals surface area contributed by atoms with Crippen LogP contribution in [-0.4, -0.2) is 36.8 Å². The van der Waals surface area contributed by atoms with Crippen molar-refractivity contribution >= 4 is 11.6 Å². The van der Waals surface area contributed by atoms with Crippen LogP contribution in [0.3, 0.4) is 0 Å². The Bertz CT molecular complexity index is 465. The molecule has 2 heterocycles. The Morgan fingerprint density at radius 1 is 1.42 bits per heavy atom. The van der Waals surface area contributed by atoms with Gasteiger partial charge in [-0.15, -0.1) is 0 Å². The lowest BCUT2D eigenvalue weighted by molar-refractivity contribution is -0.0280. The standard InChI is InChI=1S/C13H19F2N3O/c1-4-16-11-9(14)7-10(15)12(17-11)18-5-6-19-13(2,3)8-18/h7H,4-6,8H2,1-3H3,(H,16,17). The van der Waals surface area contributed by atoms with Crippen LogP contribution in [0.15, 0.2) is 6.07 Å². The molecular weight excluding hydrogens is 252 g/mol. The van der Waals surface area contributed by atoms with Crippen LogP contribution in [0.4, 0.5) is 20.4 Å². The van der Waals surface area contributed by atoms with Gasteiger partial charge in [0.1, 0.15) is 0 Å². The maximum atomic E-state index is 13.9. The first-order valence-corrected chi connectivity index (χ1v) is 6.42. The van der Waals surface area contributed by atoms with Gasteiger partial charge in [0.15, 0.2) is 23.3 Å². The van der Waals surface area contributed by atoms with Crippen molar-refractivity contribution in [2.24, 2.45) is 0 Å². The molecule has 0 aliphatic carbocycles. The highest BCUT2D eigenvalue weighted by Gasteiger charge is 2.29. The smallest absolute Gasteiger partial charge is 0.168 e. The molecule has 0 aromatic carbocycles. The number of pyridine rings is 1. The molecule has 0 bridgehead atoms. The molecule has 1 saturated heterocycles. The summed E-state index contributed by atoms with van der Waals surface area (Å²) in [7, 11) is 0. The molecule has 4 nitrogen and oxygen atoms in total. The first kappa shape index (κ1) is 14.0. The zero-order chi connectivity index (χ0) is 14.0. The lowest BCUT2D eigenvalue weighted by Crippen LogP contribution is -2.49. The van der Waals surface area contributed by atoms with Gasteiger partial charge in [-0.05, 0) is 20.8 Å². The van der Waals surface area contributed by atoms with E-state index >= 15 is 0 Å². The van der Waals surface area contributed by atoms with E-state index in [0.29, 0.717) is 26.2 Å². The Morgan fingerprint density at radius 3 is 2.79 bits per heavy atom. The van der Waals surface area contributed by atoms with Crippen molar-refractivity contribution < 1.29 is 13.5 Å². The topological polar surface area (TPSA) is 37.4 Å². The van der Waals surface area contributed by atoms with Crippen LogP contribution in [0.1, 0.15) is 20.8 Å². The third-order valence-electron chi connectivity index (χ3n) is 2.98. The molecule has 1 aromatic rings. The van der Waals surface area contributed by atoms with E-state index in [4.69, 9.17) is 4.74 Å². The van der Waals surface area contributed by atoms with E-state index in [-0.39, 0.29) is 17.2 Å². The largest absolute Gasteiger partial charge is 0.372 e. The Hall–Kier alpha value is -1.43. The third kappa shape index (κ3) is 3.12. The second-order valence-electron chi connectivity index (χ2n) is 5.18. The lowest BCUT2D eigenvalue weighted by atomic mass is 10.1. The zero-order valence-electron chi connectivity index (χ0n) is 11.5. The third-order valence-corrected chi connectivity index (χ3v) is 2.98. The molecule has 6 heteroatoms. The van der Waals surface area contributed by atoms with Crippen molar-refractivity contribution in [2.75, 3.05) is 36.5 Å². The number of nitrogens with zero attached hydrogens (tertiary/aromatic N) is 2. The minimum Gasteiger partial charge on any atom is -0.372 e. The van der Waals surface area contributed by atoms with Crippen LogP contribution in [0, 0.1) is 11.6 Å². The Morgan fingerprint density at radius 2 is 2.16 bits per heavy atom. The van der Waals surface area contributed by atoms with Crippen LogP contribution < -0.4 is 10.2 Å². The first-order chi connectivity index (χ1) is 8.93.